The van der Waals surface area contributed by atoms with Gasteiger partial charge in [-0.3, -0.25) is 4.79 Å². The Hall–Kier alpha value is -3.42. The quantitative estimate of drug-likeness (QED) is 0.496. The van der Waals surface area contributed by atoms with Crippen molar-refractivity contribution in [3.63, 3.8) is 0 Å². The fourth-order valence-electron chi connectivity index (χ4n) is 1.95. The van der Waals surface area contributed by atoms with E-state index in [0.717, 1.165) is 18.0 Å². The average Bonchev–Trinajstić information content (AvgIpc) is 2.61. The van der Waals surface area contributed by atoms with Crippen molar-refractivity contribution < 1.29 is 28.6 Å². The van der Waals surface area contributed by atoms with Gasteiger partial charge < -0.3 is 20.0 Å². The molecule has 0 fully saturated rings. The molecule has 2 rings (SSSR count). The number of pyridine rings is 1. The number of aryl methyl sites for hydroxylation is 1. The second-order valence-electron chi connectivity index (χ2n) is 5.09. The van der Waals surface area contributed by atoms with Gasteiger partial charge in [0.05, 0.1) is 18.2 Å². The van der Waals surface area contributed by atoms with Crippen LogP contribution in [0.25, 0.3) is 0 Å². The van der Waals surface area contributed by atoms with Crippen molar-refractivity contribution in [1.29, 1.82) is 0 Å². The summed E-state index contributed by atoms with van der Waals surface area (Å²) in [6, 6.07) is 7.30. The van der Waals surface area contributed by atoms with Gasteiger partial charge in [-0.1, -0.05) is 6.07 Å². The van der Waals surface area contributed by atoms with Gasteiger partial charge in [-0.2, -0.15) is 4.73 Å². The van der Waals surface area contributed by atoms with Crippen LogP contribution in [0.1, 0.15) is 26.3 Å². The summed E-state index contributed by atoms with van der Waals surface area (Å²) in [7, 11) is 1.26. The number of nitrogens with zero attached hydrogens (tertiary/aromatic N) is 1. The van der Waals surface area contributed by atoms with Crippen molar-refractivity contribution in [1.82, 2.24) is 0 Å². The minimum Gasteiger partial charge on any atom is -0.619 e. The molecule has 1 aromatic heterocycles. The minimum absolute atomic E-state index is 0.156. The number of methoxy groups -OCH3 is 1. The molecule has 0 radical (unpaired) electrons. The number of rotatable bonds is 5. The van der Waals surface area contributed by atoms with E-state index in [0.29, 0.717) is 10.4 Å². The van der Waals surface area contributed by atoms with Gasteiger partial charge in [-0.15, -0.1) is 0 Å². The third-order valence-corrected chi connectivity index (χ3v) is 3.30. The van der Waals surface area contributed by atoms with E-state index in [1.165, 1.54) is 25.3 Å². The normalized spacial score (nSPS) is 10.0. The number of ether oxygens (including phenoxy) is 2. The van der Waals surface area contributed by atoms with Crippen molar-refractivity contribution in [2.24, 2.45) is 0 Å². The summed E-state index contributed by atoms with van der Waals surface area (Å²) in [5.74, 6) is -1.81. The number of anilines is 1. The first kappa shape index (κ1) is 17.9. The van der Waals surface area contributed by atoms with Crippen LogP contribution in [0.5, 0.6) is 0 Å². The Labute approximate surface area is 143 Å². The van der Waals surface area contributed by atoms with Crippen LogP contribution < -0.4 is 10.0 Å². The first-order valence-corrected chi connectivity index (χ1v) is 7.25. The molecule has 8 heteroatoms. The van der Waals surface area contributed by atoms with E-state index in [1.54, 1.807) is 19.1 Å². The van der Waals surface area contributed by atoms with Gasteiger partial charge in [0.1, 0.15) is 0 Å². The third-order valence-electron chi connectivity index (χ3n) is 3.30. The Bertz CT molecular complexity index is 801. The van der Waals surface area contributed by atoms with Crippen molar-refractivity contribution in [2.75, 3.05) is 19.0 Å². The smallest absolute Gasteiger partial charge is 0.339 e. The van der Waals surface area contributed by atoms with Crippen LogP contribution in [0.4, 0.5) is 5.69 Å². The molecule has 130 valence electrons. The number of hydrogen-bond donors (Lipinski definition) is 1. The lowest BCUT2D eigenvalue weighted by Gasteiger charge is -2.10. The molecule has 1 aromatic carbocycles. The van der Waals surface area contributed by atoms with E-state index < -0.39 is 24.5 Å². The number of hydrogen-bond acceptors (Lipinski definition) is 6. The molecule has 0 aliphatic carbocycles. The average molecular weight is 344 g/mol. The second kappa shape index (κ2) is 7.91. The molecule has 0 saturated carbocycles. The van der Waals surface area contributed by atoms with Gasteiger partial charge in [-0.05, 0) is 24.6 Å². The summed E-state index contributed by atoms with van der Waals surface area (Å²) in [5.41, 5.74) is 1.59. The van der Waals surface area contributed by atoms with Gasteiger partial charge >= 0.3 is 11.9 Å². The molecule has 0 aliphatic heterocycles. The zero-order chi connectivity index (χ0) is 18.4. The summed E-state index contributed by atoms with van der Waals surface area (Å²) in [6.45, 7) is 1.25. The van der Waals surface area contributed by atoms with Gasteiger partial charge in [-0.25, -0.2) is 9.59 Å². The van der Waals surface area contributed by atoms with Crippen molar-refractivity contribution in [2.45, 2.75) is 6.92 Å². The molecule has 2 aromatic rings. The standard InChI is InChI=1S/C17H16N2O6/c1-11-3-4-13(16(21)24-2)9-14(11)18-15(20)10-25-17(22)12-5-7-19(23)8-6-12/h3-9H,10H2,1-2H3,(H,18,20). The molecule has 0 spiro atoms. The van der Waals surface area contributed by atoms with E-state index in [-0.39, 0.29) is 11.1 Å². The van der Waals surface area contributed by atoms with E-state index in [2.05, 4.69) is 10.1 Å². The van der Waals surface area contributed by atoms with E-state index in [9.17, 15) is 19.6 Å². The highest BCUT2D eigenvalue weighted by Gasteiger charge is 2.13. The molecule has 0 atom stereocenters. The molecule has 8 nitrogen and oxygen atoms in total. The first-order chi connectivity index (χ1) is 11.9. The van der Waals surface area contributed by atoms with Crippen LogP contribution in [-0.2, 0) is 14.3 Å². The van der Waals surface area contributed by atoms with Crippen LogP contribution in [0.15, 0.2) is 42.7 Å². The molecule has 25 heavy (non-hydrogen) atoms. The maximum atomic E-state index is 11.9. The lowest BCUT2D eigenvalue weighted by atomic mass is 10.1. The highest BCUT2D eigenvalue weighted by Crippen LogP contribution is 2.17. The van der Waals surface area contributed by atoms with Crippen molar-refractivity contribution >= 4 is 23.5 Å². The Morgan fingerprint density at radius 2 is 1.76 bits per heavy atom. The third kappa shape index (κ3) is 4.77. The van der Waals surface area contributed by atoms with Gasteiger partial charge in [0.2, 0.25) is 0 Å². The number of aromatic nitrogens is 1. The number of esters is 2. The SMILES string of the molecule is COC(=O)c1ccc(C)c(NC(=O)COC(=O)c2cc[n+]([O-])cc2)c1. The molecule has 1 amide bonds. The lowest BCUT2D eigenvalue weighted by molar-refractivity contribution is -0.605. The Morgan fingerprint density at radius 3 is 2.40 bits per heavy atom. The maximum absolute atomic E-state index is 11.9. The van der Waals surface area contributed by atoms with Crippen molar-refractivity contribution in [3.05, 3.63) is 64.6 Å². The minimum atomic E-state index is -0.726. The highest BCUT2D eigenvalue weighted by molar-refractivity contribution is 5.97. The fraction of sp³-hybridized carbons (Fsp3) is 0.176. The predicted octanol–water partition coefficient (Wildman–Crippen LogP) is 1.21. The zero-order valence-corrected chi connectivity index (χ0v) is 13.6. The summed E-state index contributed by atoms with van der Waals surface area (Å²) >= 11 is 0. The van der Waals surface area contributed by atoms with Gasteiger partial charge in [0.25, 0.3) is 5.91 Å². The number of carbonyl (C=O) groups excluding carboxylic acids is 3. The van der Waals surface area contributed by atoms with E-state index in [1.807, 2.05) is 0 Å². The summed E-state index contributed by atoms with van der Waals surface area (Å²) < 4.78 is 10.0. The predicted molar refractivity (Wildman–Crippen MR) is 86.8 cm³/mol. The number of benzene rings is 1. The summed E-state index contributed by atoms with van der Waals surface area (Å²) in [5, 5.41) is 13.5. The first-order valence-electron chi connectivity index (χ1n) is 7.25. The van der Waals surface area contributed by atoms with Crippen LogP contribution >= 0.6 is 0 Å². The molecule has 1 heterocycles. The van der Waals surface area contributed by atoms with E-state index in [4.69, 9.17) is 4.74 Å². The molecule has 0 aliphatic rings. The van der Waals surface area contributed by atoms with Crippen LogP contribution in [0.3, 0.4) is 0 Å². The largest absolute Gasteiger partial charge is 0.619 e. The number of carbonyl (C=O) groups is 3. The lowest BCUT2D eigenvalue weighted by Crippen LogP contribution is -2.25. The van der Waals surface area contributed by atoms with Crippen LogP contribution in [-0.4, -0.2) is 31.6 Å². The summed E-state index contributed by atoms with van der Waals surface area (Å²) in [4.78, 5) is 35.3. The zero-order valence-electron chi connectivity index (χ0n) is 13.6. The Kier molecular flexibility index (Phi) is 5.67. The van der Waals surface area contributed by atoms with Crippen LogP contribution in [0, 0.1) is 12.1 Å². The van der Waals surface area contributed by atoms with Crippen molar-refractivity contribution in [3.8, 4) is 0 Å². The number of amides is 1. The molecule has 0 unspecified atom stereocenters. The molecule has 1 N–H and O–H groups in total. The molecular formula is C17H16N2O6. The Morgan fingerprint density at radius 1 is 1.08 bits per heavy atom. The summed E-state index contributed by atoms with van der Waals surface area (Å²) in [6.07, 6.45) is 2.30. The second-order valence-corrected chi connectivity index (χ2v) is 5.09. The monoisotopic (exact) mass is 344 g/mol. The maximum Gasteiger partial charge on any atom is 0.339 e. The topological polar surface area (TPSA) is 109 Å². The fourth-order valence-corrected chi connectivity index (χ4v) is 1.95. The van der Waals surface area contributed by atoms with Gasteiger partial charge in [0, 0.05) is 17.8 Å². The molecule has 0 bridgehead atoms. The van der Waals surface area contributed by atoms with E-state index >= 15 is 0 Å². The van der Waals surface area contributed by atoms with Crippen LogP contribution in [0.2, 0.25) is 0 Å². The highest BCUT2D eigenvalue weighted by atomic mass is 16.5. The molecule has 0 saturated heterocycles. The Balaban J connectivity index is 1.97. The number of nitrogens with one attached hydrogen (secondary N) is 1. The van der Waals surface area contributed by atoms with Gasteiger partial charge in [0.15, 0.2) is 19.0 Å². The molecular weight excluding hydrogens is 328 g/mol.